The van der Waals surface area contributed by atoms with Crippen LogP contribution in [0.1, 0.15) is 30.8 Å². The van der Waals surface area contributed by atoms with E-state index >= 15 is 0 Å². The summed E-state index contributed by atoms with van der Waals surface area (Å²) < 4.78 is 5.49. The van der Waals surface area contributed by atoms with Crippen molar-refractivity contribution in [3.05, 3.63) is 17.0 Å². The Morgan fingerprint density at radius 1 is 1.38 bits per heavy atom. The fourth-order valence-electron chi connectivity index (χ4n) is 1.51. The first-order valence-electron chi connectivity index (χ1n) is 5.90. The molecule has 0 fully saturated rings. The lowest BCUT2D eigenvalue weighted by atomic mass is 10.2. The normalized spacial score (nSPS) is 11.3. The van der Waals surface area contributed by atoms with Gasteiger partial charge < -0.3 is 10.1 Å². The summed E-state index contributed by atoms with van der Waals surface area (Å²) in [5, 5.41) is 10.5. The van der Waals surface area contributed by atoms with Crippen LogP contribution in [0.5, 0.6) is 0 Å². The molecule has 16 heavy (non-hydrogen) atoms. The summed E-state index contributed by atoms with van der Waals surface area (Å²) in [5.74, 6) is 0.610. The van der Waals surface area contributed by atoms with E-state index in [4.69, 9.17) is 4.74 Å². The second-order valence-electron chi connectivity index (χ2n) is 4.56. The first-order chi connectivity index (χ1) is 7.61. The predicted octanol–water partition coefficient (Wildman–Crippen LogP) is 1.79. The fraction of sp³-hybridized carbons (Fsp3) is 0.750. The predicted molar refractivity (Wildman–Crippen MR) is 65.4 cm³/mol. The fourth-order valence-corrected chi connectivity index (χ4v) is 1.51. The largest absolute Gasteiger partial charge is 0.380 e. The highest BCUT2D eigenvalue weighted by atomic mass is 16.5. The summed E-state index contributed by atoms with van der Waals surface area (Å²) in [7, 11) is 0. The quantitative estimate of drug-likeness (QED) is 0.696. The van der Waals surface area contributed by atoms with Crippen molar-refractivity contribution in [2.75, 3.05) is 19.8 Å². The van der Waals surface area contributed by atoms with Crippen molar-refractivity contribution < 1.29 is 4.74 Å². The highest BCUT2D eigenvalue weighted by molar-refractivity contribution is 5.22. The summed E-state index contributed by atoms with van der Waals surface area (Å²) >= 11 is 0. The van der Waals surface area contributed by atoms with E-state index in [1.54, 1.807) is 0 Å². The van der Waals surface area contributed by atoms with Crippen LogP contribution in [-0.2, 0) is 11.3 Å². The number of ether oxygens (including phenoxy) is 1. The monoisotopic (exact) mass is 225 g/mol. The molecule has 0 amide bonds. The lowest BCUT2D eigenvalue weighted by molar-refractivity contribution is 0.111. The third kappa shape index (κ3) is 4.33. The Labute approximate surface area is 97.8 Å². The Bertz CT molecular complexity index is 288. The van der Waals surface area contributed by atoms with Gasteiger partial charge in [0.2, 0.25) is 0 Å². The van der Waals surface area contributed by atoms with Gasteiger partial charge >= 0.3 is 0 Å². The molecule has 0 spiro atoms. The van der Waals surface area contributed by atoms with E-state index in [1.165, 1.54) is 5.56 Å². The number of H-pyrrole nitrogens is 1. The molecule has 4 heteroatoms. The van der Waals surface area contributed by atoms with Crippen molar-refractivity contribution in [2.24, 2.45) is 5.92 Å². The topological polar surface area (TPSA) is 49.9 Å². The van der Waals surface area contributed by atoms with Gasteiger partial charge in [-0.1, -0.05) is 13.8 Å². The minimum Gasteiger partial charge on any atom is -0.380 e. The number of nitrogens with one attached hydrogen (secondary N) is 2. The van der Waals surface area contributed by atoms with Crippen LogP contribution < -0.4 is 5.32 Å². The van der Waals surface area contributed by atoms with Crippen LogP contribution in [0.25, 0.3) is 0 Å². The van der Waals surface area contributed by atoms with Gasteiger partial charge in [0, 0.05) is 31.0 Å². The number of hydrogen-bond acceptors (Lipinski definition) is 3. The minimum absolute atomic E-state index is 0.610. The lowest BCUT2D eigenvalue weighted by Gasteiger charge is -2.08. The lowest BCUT2D eigenvalue weighted by Crippen LogP contribution is -2.20. The molecule has 0 aromatic carbocycles. The smallest absolute Gasteiger partial charge is 0.0638 e. The number of aryl methyl sites for hydroxylation is 2. The van der Waals surface area contributed by atoms with E-state index < -0.39 is 0 Å². The van der Waals surface area contributed by atoms with E-state index in [-0.39, 0.29) is 0 Å². The van der Waals surface area contributed by atoms with Crippen molar-refractivity contribution in [2.45, 2.75) is 34.2 Å². The van der Waals surface area contributed by atoms with Crippen LogP contribution >= 0.6 is 0 Å². The molecule has 1 rings (SSSR count). The van der Waals surface area contributed by atoms with Crippen molar-refractivity contribution in [1.29, 1.82) is 0 Å². The van der Waals surface area contributed by atoms with Gasteiger partial charge in [-0.3, -0.25) is 5.10 Å². The average Bonchev–Trinajstić information content (AvgIpc) is 2.53. The molecule has 4 nitrogen and oxygen atoms in total. The Balaban J connectivity index is 2.12. The number of rotatable bonds is 7. The zero-order chi connectivity index (χ0) is 12.0. The van der Waals surface area contributed by atoms with Gasteiger partial charge in [-0.05, 0) is 19.8 Å². The van der Waals surface area contributed by atoms with Crippen LogP contribution in [0.3, 0.4) is 0 Å². The van der Waals surface area contributed by atoms with Crippen LogP contribution in [0.2, 0.25) is 0 Å². The van der Waals surface area contributed by atoms with E-state index in [2.05, 4.69) is 29.4 Å². The molecule has 0 aliphatic heterocycles. The summed E-state index contributed by atoms with van der Waals surface area (Å²) in [4.78, 5) is 0. The summed E-state index contributed by atoms with van der Waals surface area (Å²) in [6, 6.07) is 0. The molecule has 1 aromatic heterocycles. The van der Waals surface area contributed by atoms with Crippen LogP contribution in [0, 0.1) is 19.8 Å². The SMILES string of the molecule is Cc1n[nH]c(C)c1CNCCOCC(C)C. The zero-order valence-corrected chi connectivity index (χ0v) is 10.8. The summed E-state index contributed by atoms with van der Waals surface area (Å²) in [5.41, 5.74) is 3.49. The zero-order valence-electron chi connectivity index (χ0n) is 10.8. The third-order valence-electron chi connectivity index (χ3n) is 2.46. The van der Waals surface area contributed by atoms with Gasteiger partial charge in [0.25, 0.3) is 0 Å². The van der Waals surface area contributed by atoms with E-state index in [1.807, 2.05) is 13.8 Å². The number of aromatic nitrogens is 2. The van der Waals surface area contributed by atoms with Crippen molar-refractivity contribution in [3.8, 4) is 0 Å². The summed E-state index contributed by atoms with van der Waals surface area (Å²) in [6.07, 6.45) is 0. The number of aromatic amines is 1. The van der Waals surface area contributed by atoms with E-state index in [0.29, 0.717) is 5.92 Å². The van der Waals surface area contributed by atoms with Gasteiger partial charge in [-0.15, -0.1) is 0 Å². The van der Waals surface area contributed by atoms with Crippen LogP contribution in [-0.4, -0.2) is 30.0 Å². The van der Waals surface area contributed by atoms with Gasteiger partial charge in [-0.25, -0.2) is 0 Å². The van der Waals surface area contributed by atoms with Crippen molar-refractivity contribution in [3.63, 3.8) is 0 Å². The number of nitrogens with zero attached hydrogens (tertiary/aromatic N) is 1. The molecule has 92 valence electrons. The molecular formula is C12H23N3O. The molecule has 0 atom stereocenters. The standard InChI is InChI=1S/C12H23N3O/c1-9(2)8-16-6-5-13-7-12-10(3)14-15-11(12)4/h9,13H,5-8H2,1-4H3,(H,14,15). The maximum absolute atomic E-state index is 5.49. The second kappa shape index (κ2) is 6.66. The number of hydrogen-bond donors (Lipinski definition) is 2. The highest BCUT2D eigenvalue weighted by Gasteiger charge is 2.04. The summed E-state index contributed by atoms with van der Waals surface area (Å²) in [6.45, 7) is 11.7. The maximum atomic E-state index is 5.49. The Morgan fingerprint density at radius 2 is 2.12 bits per heavy atom. The maximum Gasteiger partial charge on any atom is 0.0638 e. The molecule has 0 aliphatic rings. The minimum atomic E-state index is 0.610. The average molecular weight is 225 g/mol. The first-order valence-corrected chi connectivity index (χ1v) is 5.90. The van der Waals surface area contributed by atoms with Crippen molar-refractivity contribution in [1.82, 2.24) is 15.5 Å². The van der Waals surface area contributed by atoms with E-state index in [0.717, 1.165) is 37.7 Å². The first kappa shape index (κ1) is 13.2. The second-order valence-corrected chi connectivity index (χ2v) is 4.56. The molecule has 1 aromatic rings. The molecule has 0 aliphatic carbocycles. The van der Waals surface area contributed by atoms with Crippen LogP contribution in [0.4, 0.5) is 0 Å². The van der Waals surface area contributed by atoms with Gasteiger partial charge in [0.15, 0.2) is 0 Å². The van der Waals surface area contributed by atoms with Gasteiger partial charge in [0.05, 0.1) is 12.3 Å². The van der Waals surface area contributed by atoms with Crippen LogP contribution in [0.15, 0.2) is 0 Å². The van der Waals surface area contributed by atoms with Gasteiger partial charge in [-0.2, -0.15) is 5.10 Å². The molecule has 0 radical (unpaired) electrons. The Morgan fingerprint density at radius 3 is 2.69 bits per heavy atom. The highest BCUT2D eigenvalue weighted by Crippen LogP contribution is 2.07. The van der Waals surface area contributed by atoms with Crippen molar-refractivity contribution >= 4 is 0 Å². The Hall–Kier alpha value is -0.870. The molecular weight excluding hydrogens is 202 g/mol. The molecule has 2 N–H and O–H groups in total. The molecule has 0 bridgehead atoms. The van der Waals surface area contributed by atoms with E-state index in [9.17, 15) is 0 Å². The molecule has 0 unspecified atom stereocenters. The molecule has 0 saturated heterocycles. The molecule has 1 heterocycles. The molecule has 0 saturated carbocycles. The Kier molecular flexibility index (Phi) is 5.49. The third-order valence-corrected chi connectivity index (χ3v) is 2.46. The van der Waals surface area contributed by atoms with Gasteiger partial charge in [0.1, 0.15) is 0 Å².